The van der Waals surface area contributed by atoms with Crippen LogP contribution in [-0.4, -0.2) is 48.5 Å². The molecule has 0 aliphatic carbocycles. The van der Waals surface area contributed by atoms with E-state index >= 15 is 0 Å². The fraction of sp³-hybridized carbons (Fsp3) is 0.333. The van der Waals surface area contributed by atoms with E-state index in [1.54, 1.807) is 6.20 Å². The third-order valence-corrected chi connectivity index (χ3v) is 4.14. The number of amides is 1. The molecule has 5 nitrogen and oxygen atoms in total. The summed E-state index contributed by atoms with van der Waals surface area (Å²) < 4.78 is 0. The maximum atomic E-state index is 12.5. The van der Waals surface area contributed by atoms with Crippen LogP contribution in [0.25, 0.3) is 0 Å². The number of hydrogen-bond donors (Lipinski definition) is 1. The molecule has 1 aromatic carbocycles. The summed E-state index contributed by atoms with van der Waals surface area (Å²) in [4.78, 5) is 20.9. The van der Waals surface area contributed by atoms with Gasteiger partial charge in [0.15, 0.2) is 0 Å². The van der Waals surface area contributed by atoms with Gasteiger partial charge in [0.1, 0.15) is 5.82 Å². The quantitative estimate of drug-likeness (QED) is 0.945. The standard InChI is InChI=1S/C18H22N4O/c1-14-13-22(11-10-19-14)18(23)15-8-9-17(20-12-15)21(2)16-6-4-3-5-7-16/h3-9,12,14,19H,10-11,13H2,1-2H3. The van der Waals surface area contributed by atoms with E-state index < -0.39 is 0 Å². The van der Waals surface area contributed by atoms with Crippen molar-refractivity contribution in [3.63, 3.8) is 0 Å². The number of piperazine rings is 1. The van der Waals surface area contributed by atoms with Crippen LogP contribution in [0.2, 0.25) is 0 Å². The highest BCUT2D eigenvalue weighted by atomic mass is 16.2. The molecule has 0 saturated carbocycles. The first kappa shape index (κ1) is 15.5. The first-order valence-electron chi connectivity index (χ1n) is 7.92. The third kappa shape index (κ3) is 3.51. The predicted octanol–water partition coefficient (Wildman–Crippen LogP) is 2.28. The second-order valence-electron chi connectivity index (χ2n) is 5.91. The van der Waals surface area contributed by atoms with Crippen molar-refractivity contribution in [2.75, 3.05) is 31.6 Å². The average Bonchev–Trinajstić information content (AvgIpc) is 2.61. The van der Waals surface area contributed by atoms with E-state index in [9.17, 15) is 4.79 Å². The molecule has 1 aliphatic rings. The molecule has 2 aromatic rings. The van der Waals surface area contributed by atoms with Crippen molar-refractivity contribution in [3.8, 4) is 0 Å². The van der Waals surface area contributed by atoms with Crippen molar-refractivity contribution < 1.29 is 4.79 Å². The number of anilines is 2. The zero-order valence-electron chi connectivity index (χ0n) is 13.6. The molecule has 0 bridgehead atoms. The number of rotatable bonds is 3. The number of pyridine rings is 1. The highest BCUT2D eigenvalue weighted by molar-refractivity contribution is 5.94. The van der Waals surface area contributed by atoms with Crippen LogP contribution in [0.1, 0.15) is 17.3 Å². The van der Waals surface area contributed by atoms with Gasteiger partial charge in [-0.2, -0.15) is 0 Å². The minimum absolute atomic E-state index is 0.0553. The lowest BCUT2D eigenvalue weighted by Gasteiger charge is -2.32. The highest BCUT2D eigenvalue weighted by Gasteiger charge is 2.21. The number of para-hydroxylation sites is 1. The van der Waals surface area contributed by atoms with Crippen molar-refractivity contribution in [2.45, 2.75) is 13.0 Å². The third-order valence-electron chi connectivity index (χ3n) is 4.14. The summed E-state index contributed by atoms with van der Waals surface area (Å²) in [6.45, 7) is 4.42. The lowest BCUT2D eigenvalue weighted by atomic mass is 10.2. The molecule has 0 radical (unpaired) electrons. The second-order valence-corrected chi connectivity index (χ2v) is 5.91. The van der Waals surface area contributed by atoms with Crippen LogP contribution in [0.5, 0.6) is 0 Å². The highest BCUT2D eigenvalue weighted by Crippen LogP contribution is 2.21. The molecule has 1 aromatic heterocycles. The fourth-order valence-corrected chi connectivity index (χ4v) is 2.79. The monoisotopic (exact) mass is 310 g/mol. The molecule has 3 rings (SSSR count). The minimum atomic E-state index is 0.0553. The lowest BCUT2D eigenvalue weighted by Crippen LogP contribution is -2.51. The number of hydrogen-bond acceptors (Lipinski definition) is 4. The Morgan fingerprint density at radius 3 is 2.70 bits per heavy atom. The second kappa shape index (κ2) is 6.79. The molecule has 1 unspecified atom stereocenters. The van der Waals surface area contributed by atoms with Crippen molar-refractivity contribution in [2.24, 2.45) is 0 Å². The van der Waals surface area contributed by atoms with Crippen molar-refractivity contribution in [1.82, 2.24) is 15.2 Å². The summed E-state index contributed by atoms with van der Waals surface area (Å²) in [7, 11) is 1.97. The largest absolute Gasteiger partial charge is 0.336 e. The molecule has 1 fully saturated rings. The van der Waals surface area contributed by atoms with Gasteiger partial charge in [-0.15, -0.1) is 0 Å². The Labute approximate surface area is 136 Å². The van der Waals surface area contributed by atoms with Gasteiger partial charge in [-0.05, 0) is 31.2 Å². The van der Waals surface area contributed by atoms with E-state index in [2.05, 4.69) is 17.2 Å². The molecule has 23 heavy (non-hydrogen) atoms. The van der Waals surface area contributed by atoms with Gasteiger partial charge in [-0.1, -0.05) is 18.2 Å². The summed E-state index contributed by atoms with van der Waals surface area (Å²) in [5.41, 5.74) is 1.71. The van der Waals surface area contributed by atoms with Gasteiger partial charge in [0.05, 0.1) is 5.56 Å². The number of carbonyl (C=O) groups is 1. The van der Waals surface area contributed by atoms with Gasteiger partial charge in [0.25, 0.3) is 5.91 Å². The molecular formula is C18H22N4O. The van der Waals surface area contributed by atoms with Crippen LogP contribution >= 0.6 is 0 Å². The molecular weight excluding hydrogens is 288 g/mol. The fourth-order valence-electron chi connectivity index (χ4n) is 2.79. The Balaban J connectivity index is 1.73. The molecule has 1 saturated heterocycles. The van der Waals surface area contributed by atoms with E-state index in [4.69, 9.17) is 0 Å². The number of nitrogens with one attached hydrogen (secondary N) is 1. The van der Waals surface area contributed by atoms with Gasteiger partial charge in [-0.25, -0.2) is 4.98 Å². The van der Waals surface area contributed by atoms with Crippen LogP contribution in [0, 0.1) is 0 Å². The number of carbonyl (C=O) groups excluding carboxylic acids is 1. The maximum Gasteiger partial charge on any atom is 0.255 e. The smallest absolute Gasteiger partial charge is 0.255 e. The summed E-state index contributed by atoms with van der Waals surface area (Å²) in [5, 5.41) is 3.34. The minimum Gasteiger partial charge on any atom is -0.336 e. The van der Waals surface area contributed by atoms with Crippen LogP contribution in [0.4, 0.5) is 11.5 Å². The van der Waals surface area contributed by atoms with Crippen LogP contribution < -0.4 is 10.2 Å². The average molecular weight is 310 g/mol. The normalized spacial score (nSPS) is 17.8. The van der Waals surface area contributed by atoms with E-state index in [1.807, 2.05) is 59.3 Å². The lowest BCUT2D eigenvalue weighted by molar-refractivity contribution is 0.0708. The van der Waals surface area contributed by atoms with Crippen LogP contribution in [0.3, 0.4) is 0 Å². The molecule has 0 spiro atoms. The van der Waals surface area contributed by atoms with Gasteiger partial charge in [-0.3, -0.25) is 4.79 Å². The molecule has 2 heterocycles. The van der Waals surface area contributed by atoms with E-state index in [0.29, 0.717) is 11.6 Å². The van der Waals surface area contributed by atoms with E-state index in [1.165, 1.54) is 0 Å². The number of benzene rings is 1. The molecule has 1 amide bonds. The van der Waals surface area contributed by atoms with E-state index in [-0.39, 0.29) is 5.91 Å². The van der Waals surface area contributed by atoms with Gasteiger partial charge in [0.2, 0.25) is 0 Å². The maximum absolute atomic E-state index is 12.5. The Kier molecular flexibility index (Phi) is 4.57. The Morgan fingerprint density at radius 1 is 1.26 bits per heavy atom. The molecule has 1 aliphatic heterocycles. The van der Waals surface area contributed by atoms with Crippen molar-refractivity contribution >= 4 is 17.4 Å². The molecule has 1 N–H and O–H groups in total. The first-order chi connectivity index (χ1) is 11.1. The van der Waals surface area contributed by atoms with Gasteiger partial charge < -0.3 is 15.1 Å². The molecule has 5 heteroatoms. The molecule has 120 valence electrons. The van der Waals surface area contributed by atoms with Gasteiger partial charge in [0, 0.05) is 44.6 Å². The van der Waals surface area contributed by atoms with Gasteiger partial charge >= 0.3 is 0 Å². The Bertz CT molecular complexity index is 656. The Morgan fingerprint density at radius 2 is 2.04 bits per heavy atom. The zero-order valence-corrected chi connectivity index (χ0v) is 13.6. The van der Waals surface area contributed by atoms with Crippen molar-refractivity contribution in [3.05, 3.63) is 54.2 Å². The summed E-state index contributed by atoms with van der Waals surface area (Å²) in [5.74, 6) is 0.876. The predicted molar refractivity (Wildman–Crippen MR) is 92.1 cm³/mol. The summed E-state index contributed by atoms with van der Waals surface area (Å²) >= 11 is 0. The first-order valence-corrected chi connectivity index (χ1v) is 7.92. The summed E-state index contributed by atoms with van der Waals surface area (Å²) in [6, 6.07) is 14.1. The van der Waals surface area contributed by atoms with Crippen LogP contribution in [-0.2, 0) is 0 Å². The van der Waals surface area contributed by atoms with Crippen molar-refractivity contribution in [1.29, 1.82) is 0 Å². The number of nitrogens with zero attached hydrogens (tertiary/aromatic N) is 3. The number of aromatic nitrogens is 1. The topological polar surface area (TPSA) is 48.5 Å². The molecule has 1 atom stereocenters. The van der Waals surface area contributed by atoms with E-state index in [0.717, 1.165) is 31.1 Å². The van der Waals surface area contributed by atoms with Crippen LogP contribution in [0.15, 0.2) is 48.7 Å². The SMILES string of the molecule is CC1CN(C(=O)c2ccc(N(C)c3ccccc3)nc2)CCN1. The Hall–Kier alpha value is -2.40. The summed E-state index contributed by atoms with van der Waals surface area (Å²) in [6.07, 6.45) is 1.67. The zero-order chi connectivity index (χ0) is 16.2.